The smallest absolute Gasteiger partial charge is 0.227 e. The van der Waals surface area contributed by atoms with Crippen LogP contribution in [-0.4, -0.2) is 54.4 Å². The average molecular weight is 502 g/mol. The lowest BCUT2D eigenvalue weighted by molar-refractivity contribution is 0.0869. The topological polar surface area (TPSA) is 102 Å². The molecule has 5 rings (SSSR count). The predicted molar refractivity (Wildman–Crippen MR) is 150 cm³/mol. The van der Waals surface area contributed by atoms with Crippen molar-refractivity contribution in [1.82, 2.24) is 19.9 Å². The first-order valence-corrected chi connectivity index (χ1v) is 12.7. The molecule has 3 heterocycles. The molecule has 0 spiro atoms. The van der Waals surface area contributed by atoms with Crippen LogP contribution in [0.25, 0.3) is 22.2 Å². The fourth-order valence-corrected chi connectivity index (χ4v) is 4.88. The molecule has 0 radical (unpaired) electrons. The number of nitrogens with zero attached hydrogens (tertiary/aromatic N) is 4. The Hall–Kier alpha value is -3.82. The summed E-state index contributed by atoms with van der Waals surface area (Å²) in [6.07, 6.45) is 1.77. The van der Waals surface area contributed by atoms with Gasteiger partial charge in [-0.05, 0) is 18.2 Å². The lowest BCUT2D eigenvalue weighted by Crippen LogP contribution is -2.33. The van der Waals surface area contributed by atoms with Crippen LogP contribution in [-0.2, 0) is 17.9 Å². The van der Waals surface area contributed by atoms with E-state index in [0.29, 0.717) is 42.3 Å². The number of para-hydroxylation sites is 1. The standard InChI is InChI=1S/C28H35N7O2/c1-18(2)30-11-12-34(3)24-16-26(36-4)22(15-20(24)29)33-28-31-10-9-21(32-28)27-19-7-5-6-8-23(19)35-13-14-37-17-25(27)35/h5-10,15-16,18,30H,11-14,17,29H2,1-4H3,(H,31,32,33). The highest BCUT2D eigenvalue weighted by Gasteiger charge is 2.22. The van der Waals surface area contributed by atoms with Crippen molar-refractivity contribution in [1.29, 1.82) is 0 Å². The molecule has 37 heavy (non-hydrogen) atoms. The third kappa shape index (κ3) is 5.05. The lowest BCUT2D eigenvalue weighted by atomic mass is 10.1. The minimum absolute atomic E-state index is 0.436. The predicted octanol–water partition coefficient (Wildman–Crippen LogP) is 4.40. The molecule has 1 aliphatic heterocycles. The summed E-state index contributed by atoms with van der Waals surface area (Å²) in [5, 5.41) is 7.92. The Kier molecular flexibility index (Phi) is 7.16. The van der Waals surface area contributed by atoms with E-state index >= 15 is 0 Å². The molecule has 0 amide bonds. The molecule has 4 N–H and O–H groups in total. The summed E-state index contributed by atoms with van der Waals surface area (Å²) < 4.78 is 13.8. The van der Waals surface area contributed by atoms with Gasteiger partial charge in [0.25, 0.3) is 0 Å². The molecule has 0 aliphatic carbocycles. The van der Waals surface area contributed by atoms with Crippen molar-refractivity contribution in [2.45, 2.75) is 33.0 Å². The quantitative estimate of drug-likeness (QED) is 0.290. The first-order valence-electron chi connectivity index (χ1n) is 12.7. The minimum Gasteiger partial charge on any atom is -0.494 e. The van der Waals surface area contributed by atoms with Gasteiger partial charge in [-0.1, -0.05) is 32.0 Å². The van der Waals surface area contributed by atoms with Crippen LogP contribution in [0.2, 0.25) is 0 Å². The van der Waals surface area contributed by atoms with Crippen molar-refractivity contribution < 1.29 is 9.47 Å². The van der Waals surface area contributed by atoms with Gasteiger partial charge in [0.15, 0.2) is 0 Å². The minimum atomic E-state index is 0.436. The number of nitrogens with one attached hydrogen (secondary N) is 2. The highest BCUT2D eigenvalue weighted by molar-refractivity contribution is 5.97. The van der Waals surface area contributed by atoms with E-state index in [1.807, 2.05) is 25.2 Å². The Bertz CT molecular complexity index is 1400. The lowest BCUT2D eigenvalue weighted by Gasteiger charge is -2.24. The molecule has 1 aliphatic rings. The number of anilines is 4. The number of nitrogens with two attached hydrogens (primary N) is 1. The maximum atomic E-state index is 6.46. The molecule has 0 unspecified atom stereocenters. The molecular weight excluding hydrogens is 466 g/mol. The summed E-state index contributed by atoms with van der Waals surface area (Å²) in [6, 6.07) is 14.6. The Morgan fingerprint density at radius 2 is 2.05 bits per heavy atom. The molecule has 0 saturated heterocycles. The van der Waals surface area contributed by atoms with Crippen molar-refractivity contribution in [2.75, 3.05) is 49.8 Å². The number of benzene rings is 2. The first-order chi connectivity index (χ1) is 18.0. The summed E-state index contributed by atoms with van der Waals surface area (Å²) in [5.41, 5.74) is 13.0. The monoisotopic (exact) mass is 501 g/mol. The Balaban J connectivity index is 1.45. The number of nitrogen functional groups attached to an aromatic ring is 1. The second kappa shape index (κ2) is 10.7. The third-order valence-electron chi connectivity index (χ3n) is 6.69. The number of hydrogen-bond donors (Lipinski definition) is 3. The van der Waals surface area contributed by atoms with Crippen molar-refractivity contribution in [3.63, 3.8) is 0 Å². The van der Waals surface area contributed by atoms with E-state index < -0.39 is 0 Å². The highest BCUT2D eigenvalue weighted by Crippen LogP contribution is 2.38. The molecule has 0 bridgehead atoms. The van der Waals surface area contributed by atoms with Gasteiger partial charge in [-0.2, -0.15) is 0 Å². The zero-order valence-electron chi connectivity index (χ0n) is 21.9. The Labute approximate surface area is 217 Å². The average Bonchev–Trinajstić information content (AvgIpc) is 3.23. The van der Waals surface area contributed by atoms with Crippen molar-refractivity contribution in [3.05, 3.63) is 54.4 Å². The molecular formula is C28H35N7O2. The molecule has 0 fully saturated rings. The molecule has 4 aromatic rings. The molecule has 0 saturated carbocycles. The van der Waals surface area contributed by atoms with E-state index in [4.69, 9.17) is 20.2 Å². The second-order valence-corrected chi connectivity index (χ2v) is 9.58. The van der Waals surface area contributed by atoms with Gasteiger partial charge in [-0.15, -0.1) is 0 Å². The van der Waals surface area contributed by atoms with E-state index in [1.54, 1.807) is 13.3 Å². The number of hydrogen-bond acceptors (Lipinski definition) is 8. The third-order valence-corrected chi connectivity index (χ3v) is 6.69. The van der Waals surface area contributed by atoms with E-state index in [0.717, 1.165) is 47.7 Å². The maximum absolute atomic E-state index is 6.46. The van der Waals surface area contributed by atoms with Gasteiger partial charge in [0.05, 0.1) is 48.8 Å². The highest BCUT2D eigenvalue weighted by atomic mass is 16.5. The summed E-state index contributed by atoms with van der Waals surface area (Å²) in [6.45, 7) is 8.05. The first kappa shape index (κ1) is 24.9. The van der Waals surface area contributed by atoms with E-state index in [-0.39, 0.29) is 0 Å². The van der Waals surface area contributed by atoms with Crippen molar-refractivity contribution in [2.24, 2.45) is 0 Å². The van der Waals surface area contributed by atoms with Crippen LogP contribution in [0.1, 0.15) is 19.5 Å². The van der Waals surface area contributed by atoms with Crippen LogP contribution in [0.4, 0.5) is 23.0 Å². The second-order valence-electron chi connectivity index (χ2n) is 9.58. The number of rotatable bonds is 9. The zero-order chi connectivity index (χ0) is 25.9. The fraction of sp³-hybridized carbons (Fsp3) is 0.357. The van der Waals surface area contributed by atoms with Gasteiger partial charge >= 0.3 is 0 Å². The van der Waals surface area contributed by atoms with Crippen LogP contribution in [0, 0.1) is 0 Å². The van der Waals surface area contributed by atoms with E-state index in [1.165, 1.54) is 5.52 Å². The van der Waals surface area contributed by atoms with Gasteiger partial charge in [0.2, 0.25) is 5.95 Å². The SMILES string of the molecule is COc1cc(N(C)CCNC(C)C)c(N)cc1Nc1nccc(-c2c3n(c4ccccc24)CCOC3)n1. The van der Waals surface area contributed by atoms with Gasteiger partial charge in [-0.25, -0.2) is 9.97 Å². The Morgan fingerprint density at radius 3 is 2.86 bits per heavy atom. The summed E-state index contributed by atoms with van der Waals surface area (Å²) in [5.74, 6) is 1.14. The summed E-state index contributed by atoms with van der Waals surface area (Å²) in [4.78, 5) is 11.5. The van der Waals surface area contributed by atoms with Crippen molar-refractivity contribution in [3.8, 4) is 17.0 Å². The number of fused-ring (bicyclic) bond motifs is 3. The van der Waals surface area contributed by atoms with Crippen LogP contribution >= 0.6 is 0 Å². The molecule has 194 valence electrons. The zero-order valence-corrected chi connectivity index (χ0v) is 21.9. The molecule has 0 atom stereocenters. The van der Waals surface area contributed by atoms with Gasteiger partial charge in [0.1, 0.15) is 5.75 Å². The number of likely N-dealkylation sites (N-methyl/N-ethyl adjacent to an activating group) is 1. The van der Waals surface area contributed by atoms with Crippen LogP contribution in [0.15, 0.2) is 48.7 Å². The van der Waals surface area contributed by atoms with E-state index in [9.17, 15) is 0 Å². The van der Waals surface area contributed by atoms with Gasteiger partial charge in [0, 0.05) is 61.5 Å². The molecule has 2 aromatic carbocycles. The number of aromatic nitrogens is 3. The van der Waals surface area contributed by atoms with Gasteiger partial charge in [-0.3, -0.25) is 0 Å². The summed E-state index contributed by atoms with van der Waals surface area (Å²) in [7, 11) is 3.68. The summed E-state index contributed by atoms with van der Waals surface area (Å²) >= 11 is 0. The molecule has 9 heteroatoms. The van der Waals surface area contributed by atoms with Gasteiger partial charge < -0.3 is 35.3 Å². The fourth-order valence-electron chi connectivity index (χ4n) is 4.88. The van der Waals surface area contributed by atoms with Crippen LogP contribution in [0.3, 0.4) is 0 Å². The maximum Gasteiger partial charge on any atom is 0.227 e. The van der Waals surface area contributed by atoms with Crippen molar-refractivity contribution >= 4 is 33.9 Å². The van der Waals surface area contributed by atoms with Crippen LogP contribution < -0.4 is 26.0 Å². The largest absolute Gasteiger partial charge is 0.494 e. The number of methoxy groups -OCH3 is 1. The normalized spacial score (nSPS) is 13.1. The Morgan fingerprint density at radius 1 is 1.22 bits per heavy atom. The molecule has 9 nitrogen and oxygen atoms in total. The van der Waals surface area contributed by atoms with E-state index in [2.05, 4.69) is 63.2 Å². The van der Waals surface area contributed by atoms with Crippen LogP contribution in [0.5, 0.6) is 5.75 Å². The molecule has 2 aromatic heterocycles. The number of ether oxygens (including phenoxy) is 2.